The van der Waals surface area contributed by atoms with Gasteiger partial charge in [0, 0.05) is 17.0 Å². The Bertz CT molecular complexity index is 771. The van der Waals surface area contributed by atoms with E-state index >= 15 is 0 Å². The summed E-state index contributed by atoms with van der Waals surface area (Å²) in [5, 5.41) is 12.9. The van der Waals surface area contributed by atoms with Gasteiger partial charge in [0.25, 0.3) is 0 Å². The summed E-state index contributed by atoms with van der Waals surface area (Å²) in [6, 6.07) is 9.74. The van der Waals surface area contributed by atoms with Crippen LogP contribution in [0, 0.1) is 5.41 Å². The van der Waals surface area contributed by atoms with E-state index in [0.29, 0.717) is 6.54 Å². The number of amidine groups is 1. The molecule has 3 N–H and O–H groups in total. The van der Waals surface area contributed by atoms with Crippen LogP contribution in [0.3, 0.4) is 0 Å². The molecule has 0 amide bonds. The lowest BCUT2D eigenvalue weighted by molar-refractivity contribution is -0.670. The molecule has 0 saturated carbocycles. The molecular formula is C15H16N5+. The lowest BCUT2D eigenvalue weighted by atomic mass is 10.1. The quantitative estimate of drug-likeness (QED) is 0.425. The average molecular weight is 266 g/mol. The van der Waals surface area contributed by atoms with E-state index in [9.17, 15) is 0 Å². The third-order valence-corrected chi connectivity index (χ3v) is 3.32. The van der Waals surface area contributed by atoms with Crippen LogP contribution in [0.5, 0.6) is 0 Å². The molecule has 0 aliphatic rings. The number of nitrogens with two attached hydrogens (primary N) is 1. The highest BCUT2D eigenvalue weighted by atomic mass is 15.3. The average Bonchev–Trinajstić information content (AvgIpc) is 2.82. The molecule has 3 aromatic rings. The van der Waals surface area contributed by atoms with Crippen LogP contribution < -0.4 is 10.3 Å². The number of aryl methyl sites for hydroxylation is 1. The predicted octanol–water partition coefficient (Wildman–Crippen LogP) is 1.19. The number of benzene rings is 1. The fourth-order valence-corrected chi connectivity index (χ4v) is 2.20. The van der Waals surface area contributed by atoms with Gasteiger partial charge in [-0.1, -0.05) is 24.3 Å². The molecule has 0 spiro atoms. The lowest BCUT2D eigenvalue weighted by Gasteiger charge is -2.04. The summed E-state index contributed by atoms with van der Waals surface area (Å²) >= 11 is 0. The molecule has 2 aromatic heterocycles. The number of aromatic nitrogens is 3. The largest absolute Gasteiger partial charge is 0.384 e. The van der Waals surface area contributed by atoms with Crippen LogP contribution in [-0.2, 0) is 13.6 Å². The predicted molar refractivity (Wildman–Crippen MR) is 77.5 cm³/mol. The summed E-state index contributed by atoms with van der Waals surface area (Å²) in [5.41, 5.74) is 8.43. The van der Waals surface area contributed by atoms with Gasteiger partial charge in [-0.25, -0.2) is 4.57 Å². The van der Waals surface area contributed by atoms with E-state index in [-0.39, 0.29) is 5.84 Å². The van der Waals surface area contributed by atoms with Crippen molar-refractivity contribution in [3.05, 3.63) is 60.0 Å². The number of pyridine rings is 1. The van der Waals surface area contributed by atoms with Crippen molar-refractivity contribution in [1.29, 1.82) is 5.41 Å². The number of fused-ring (bicyclic) bond motifs is 1. The normalized spacial score (nSPS) is 10.8. The monoisotopic (exact) mass is 266 g/mol. The Hall–Kier alpha value is -2.69. The highest BCUT2D eigenvalue weighted by molar-refractivity contribution is 5.94. The Kier molecular flexibility index (Phi) is 2.95. The minimum atomic E-state index is 0.0908. The van der Waals surface area contributed by atoms with Crippen molar-refractivity contribution in [2.75, 3.05) is 0 Å². The fourth-order valence-electron chi connectivity index (χ4n) is 2.20. The van der Waals surface area contributed by atoms with Crippen molar-refractivity contribution < 1.29 is 4.57 Å². The summed E-state index contributed by atoms with van der Waals surface area (Å²) in [6.45, 7) is 0.700. The molecule has 2 heterocycles. The van der Waals surface area contributed by atoms with Gasteiger partial charge < -0.3 is 5.73 Å². The van der Waals surface area contributed by atoms with Crippen LogP contribution in [0.25, 0.3) is 10.9 Å². The van der Waals surface area contributed by atoms with Gasteiger partial charge >= 0.3 is 0 Å². The van der Waals surface area contributed by atoms with E-state index in [2.05, 4.69) is 17.4 Å². The molecule has 0 radical (unpaired) electrons. The van der Waals surface area contributed by atoms with Crippen LogP contribution >= 0.6 is 0 Å². The van der Waals surface area contributed by atoms with Gasteiger partial charge in [0.2, 0.25) is 0 Å². The molecule has 0 atom stereocenters. The van der Waals surface area contributed by atoms with Gasteiger partial charge in [-0.3, -0.25) is 10.1 Å². The van der Waals surface area contributed by atoms with E-state index in [4.69, 9.17) is 11.1 Å². The SMILES string of the molecule is C[n+]1ccc2cnn(Cc3ccc(C(=N)N)cc3)c2c1. The van der Waals surface area contributed by atoms with Gasteiger partial charge in [0.1, 0.15) is 18.4 Å². The molecule has 0 bridgehead atoms. The summed E-state index contributed by atoms with van der Waals surface area (Å²) < 4.78 is 3.98. The molecule has 3 rings (SSSR count). The molecular weight excluding hydrogens is 250 g/mol. The first-order valence-corrected chi connectivity index (χ1v) is 6.37. The minimum Gasteiger partial charge on any atom is -0.384 e. The lowest BCUT2D eigenvalue weighted by Crippen LogP contribution is -2.26. The van der Waals surface area contributed by atoms with E-state index < -0.39 is 0 Å². The van der Waals surface area contributed by atoms with Gasteiger partial charge in [-0.05, 0) is 5.56 Å². The number of nitrogens with zero attached hydrogens (tertiary/aromatic N) is 3. The zero-order valence-electron chi connectivity index (χ0n) is 11.2. The topological polar surface area (TPSA) is 71.6 Å². The van der Waals surface area contributed by atoms with Crippen molar-refractivity contribution in [1.82, 2.24) is 9.78 Å². The van der Waals surface area contributed by atoms with E-state index in [1.807, 2.05) is 53.0 Å². The van der Waals surface area contributed by atoms with Crippen molar-refractivity contribution in [3.8, 4) is 0 Å². The van der Waals surface area contributed by atoms with E-state index in [1.54, 1.807) is 0 Å². The molecule has 0 aliphatic heterocycles. The van der Waals surface area contributed by atoms with Crippen LogP contribution in [0.2, 0.25) is 0 Å². The molecule has 5 heteroatoms. The van der Waals surface area contributed by atoms with Gasteiger partial charge in [0.15, 0.2) is 12.4 Å². The van der Waals surface area contributed by atoms with Gasteiger partial charge in [-0.15, -0.1) is 0 Å². The minimum absolute atomic E-state index is 0.0908. The van der Waals surface area contributed by atoms with Crippen molar-refractivity contribution >= 4 is 16.7 Å². The number of hydrogen-bond donors (Lipinski definition) is 2. The molecule has 20 heavy (non-hydrogen) atoms. The van der Waals surface area contributed by atoms with Crippen molar-refractivity contribution in [2.45, 2.75) is 6.54 Å². The highest BCUT2D eigenvalue weighted by Gasteiger charge is 2.07. The maximum absolute atomic E-state index is 7.39. The Morgan fingerprint density at radius 1 is 1.30 bits per heavy atom. The van der Waals surface area contributed by atoms with Crippen molar-refractivity contribution in [3.63, 3.8) is 0 Å². The second-order valence-electron chi connectivity index (χ2n) is 4.86. The summed E-state index contributed by atoms with van der Waals surface area (Å²) in [6.07, 6.45) is 5.95. The zero-order valence-corrected chi connectivity index (χ0v) is 11.2. The van der Waals surface area contributed by atoms with Crippen LogP contribution in [0.1, 0.15) is 11.1 Å². The Labute approximate surface area is 116 Å². The van der Waals surface area contributed by atoms with Crippen LogP contribution in [-0.4, -0.2) is 15.6 Å². The summed E-state index contributed by atoms with van der Waals surface area (Å²) in [4.78, 5) is 0. The number of nitrogen functional groups attached to an aromatic ring is 1. The molecule has 0 unspecified atom stereocenters. The third-order valence-electron chi connectivity index (χ3n) is 3.32. The summed E-state index contributed by atoms with van der Waals surface area (Å²) in [7, 11) is 2.00. The third kappa shape index (κ3) is 2.25. The first-order valence-electron chi connectivity index (χ1n) is 6.37. The zero-order chi connectivity index (χ0) is 14.1. The second kappa shape index (κ2) is 4.77. The van der Waals surface area contributed by atoms with Crippen LogP contribution in [0.4, 0.5) is 0 Å². The first kappa shape index (κ1) is 12.3. The molecule has 0 aliphatic carbocycles. The van der Waals surface area contributed by atoms with Crippen LogP contribution in [0.15, 0.2) is 48.9 Å². The fraction of sp³-hybridized carbons (Fsp3) is 0.133. The van der Waals surface area contributed by atoms with Crippen molar-refractivity contribution in [2.24, 2.45) is 12.8 Å². The maximum Gasteiger partial charge on any atom is 0.194 e. The number of rotatable bonds is 3. The van der Waals surface area contributed by atoms with E-state index in [1.165, 1.54) is 0 Å². The number of nitrogens with one attached hydrogen (secondary N) is 1. The second-order valence-corrected chi connectivity index (χ2v) is 4.86. The Morgan fingerprint density at radius 3 is 2.75 bits per heavy atom. The maximum atomic E-state index is 7.39. The van der Waals surface area contributed by atoms with E-state index in [0.717, 1.165) is 22.0 Å². The highest BCUT2D eigenvalue weighted by Crippen LogP contribution is 2.13. The Morgan fingerprint density at radius 2 is 2.05 bits per heavy atom. The molecule has 5 nitrogen and oxygen atoms in total. The summed E-state index contributed by atoms with van der Waals surface area (Å²) in [5.74, 6) is 0.0908. The standard InChI is InChI=1S/C15H16N5/c1-19-7-6-13-8-18-20(14(13)10-19)9-11-2-4-12(5-3-11)15(16)17/h2-8,10H,9H2,1H3,(H3,16,17)/q+1. The van der Waals surface area contributed by atoms with Gasteiger partial charge in [0.05, 0.1) is 12.7 Å². The molecule has 0 saturated heterocycles. The smallest absolute Gasteiger partial charge is 0.194 e. The first-order chi connectivity index (χ1) is 9.63. The molecule has 100 valence electrons. The Balaban J connectivity index is 1.92. The number of hydrogen-bond acceptors (Lipinski definition) is 2. The molecule has 0 fully saturated rings. The molecule has 1 aromatic carbocycles. The van der Waals surface area contributed by atoms with Gasteiger partial charge in [-0.2, -0.15) is 5.10 Å².